The fourth-order valence-corrected chi connectivity index (χ4v) is 4.37. The van der Waals surface area contributed by atoms with Gasteiger partial charge in [0.2, 0.25) is 12.9 Å². The minimum absolute atomic E-state index is 0.0434. The van der Waals surface area contributed by atoms with Crippen LogP contribution in [0.4, 0.5) is 0 Å². The van der Waals surface area contributed by atoms with Crippen LogP contribution in [0, 0.1) is 0 Å². The number of aromatic hydroxyl groups is 4. The lowest BCUT2D eigenvalue weighted by Crippen LogP contribution is -2.60. The van der Waals surface area contributed by atoms with Gasteiger partial charge in [-0.05, 0) is 48.0 Å². The van der Waals surface area contributed by atoms with Crippen LogP contribution in [0.5, 0.6) is 28.7 Å². The van der Waals surface area contributed by atoms with Crippen LogP contribution < -0.4 is 10.2 Å². The van der Waals surface area contributed by atoms with Crippen molar-refractivity contribution in [2.75, 3.05) is 6.61 Å². The summed E-state index contributed by atoms with van der Waals surface area (Å²) in [6.07, 6.45) is -5.49. The molecule has 2 aromatic carbocycles. The van der Waals surface area contributed by atoms with E-state index in [2.05, 4.69) is 0 Å². The lowest BCUT2D eigenvalue weighted by atomic mass is 9.99. The largest absolute Gasteiger partial charge is 0.510 e. The van der Waals surface area contributed by atoms with E-state index < -0.39 is 66.0 Å². The fraction of sp³-hybridized carbons (Fsp3) is 0.200. The summed E-state index contributed by atoms with van der Waals surface area (Å²) in [5.74, 6) is -2.17. The third-order valence-electron chi connectivity index (χ3n) is 6.66. The van der Waals surface area contributed by atoms with Gasteiger partial charge in [0.1, 0.15) is 35.6 Å². The molecule has 0 unspecified atom stereocenters. The van der Waals surface area contributed by atoms with E-state index in [9.17, 15) is 45.3 Å². The summed E-state index contributed by atoms with van der Waals surface area (Å²) in [5.41, 5.74) is 0.302. The van der Waals surface area contributed by atoms with E-state index in [1.807, 2.05) is 0 Å². The van der Waals surface area contributed by atoms with Gasteiger partial charge < -0.3 is 59.2 Å². The number of fused-ring (bicyclic) bond motifs is 1. The Labute approximate surface area is 242 Å². The van der Waals surface area contributed by atoms with Crippen molar-refractivity contribution in [3.8, 4) is 51.4 Å². The molecule has 0 amide bonds. The minimum atomic E-state index is -1.80. The van der Waals surface area contributed by atoms with Gasteiger partial charge in [-0.25, -0.2) is 0 Å². The molecule has 0 radical (unpaired) electrons. The molecule has 2 aromatic rings. The Balaban J connectivity index is 1.40. The van der Waals surface area contributed by atoms with Crippen LogP contribution in [0.2, 0.25) is 0 Å². The molecule has 13 heteroatoms. The summed E-state index contributed by atoms with van der Waals surface area (Å²) in [7, 11) is 0. The first-order valence-electron chi connectivity index (χ1n) is 12.9. The van der Waals surface area contributed by atoms with E-state index in [0.29, 0.717) is 5.56 Å². The zero-order valence-corrected chi connectivity index (χ0v) is 22.1. The van der Waals surface area contributed by atoms with Crippen molar-refractivity contribution in [1.82, 2.24) is 0 Å². The number of aliphatic hydroxyl groups is 3. The third-order valence-corrected chi connectivity index (χ3v) is 6.66. The van der Waals surface area contributed by atoms with Crippen LogP contribution in [0.15, 0.2) is 76.0 Å². The molecule has 1 saturated heterocycles. The number of hydrogen-bond acceptors (Lipinski definition) is 12. The van der Waals surface area contributed by atoms with Crippen LogP contribution in [-0.2, 0) is 9.47 Å². The Bertz CT molecular complexity index is 1680. The molecule has 5 rings (SSSR count). The number of phenolic OH excluding ortho intramolecular Hbond substituents is 4. The van der Waals surface area contributed by atoms with Crippen molar-refractivity contribution in [2.24, 2.45) is 0 Å². The van der Waals surface area contributed by atoms with Crippen molar-refractivity contribution in [3.63, 3.8) is 0 Å². The van der Waals surface area contributed by atoms with Crippen LogP contribution in [-0.4, -0.2) is 83.8 Å². The van der Waals surface area contributed by atoms with Crippen molar-refractivity contribution in [2.45, 2.75) is 30.7 Å². The summed E-state index contributed by atoms with van der Waals surface area (Å²) in [4.78, 5) is 22.1. The Kier molecular flexibility index (Phi) is 8.23. The summed E-state index contributed by atoms with van der Waals surface area (Å²) in [6, 6.07) is 13.1. The number of phenols is 4. The first-order valence-corrected chi connectivity index (χ1v) is 12.9. The molecule has 3 aliphatic rings. The highest BCUT2D eigenvalue weighted by Gasteiger charge is 2.47. The highest BCUT2D eigenvalue weighted by molar-refractivity contribution is 5.88. The van der Waals surface area contributed by atoms with E-state index in [4.69, 9.17) is 18.6 Å². The highest BCUT2D eigenvalue weighted by Crippen LogP contribution is 2.43. The molecule has 0 spiro atoms. The van der Waals surface area contributed by atoms with Crippen molar-refractivity contribution in [1.29, 1.82) is 0 Å². The second-order valence-electron chi connectivity index (χ2n) is 9.70. The van der Waals surface area contributed by atoms with E-state index in [0.717, 1.165) is 18.2 Å². The van der Waals surface area contributed by atoms with Crippen LogP contribution in [0.25, 0.3) is 28.7 Å². The first kappa shape index (κ1) is 29.4. The molecule has 43 heavy (non-hydrogen) atoms. The molecule has 8 N–H and O–H groups in total. The van der Waals surface area contributed by atoms with Gasteiger partial charge in [-0.15, -0.1) is 0 Å². The molecule has 1 aliphatic carbocycles. The average Bonchev–Trinajstić information content (AvgIpc) is 2.98. The minimum Gasteiger partial charge on any atom is -0.508 e. The number of aliphatic hydroxyl groups excluding tert-OH is 3. The van der Waals surface area contributed by atoms with Gasteiger partial charge in [-0.3, -0.25) is 4.79 Å². The lowest BCUT2D eigenvalue weighted by Gasteiger charge is -2.39. The Morgan fingerprint density at radius 2 is 1.60 bits per heavy atom. The molecule has 0 aromatic heterocycles. The topological polar surface area (TPSA) is 221 Å². The fourth-order valence-electron chi connectivity index (χ4n) is 4.37. The molecule has 0 saturated carbocycles. The van der Waals surface area contributed by atoms with E-state index in [1.165, 1.54) is 42.5 Å². The highest BCUT2D eigenvalue weighted by atomic mass is 16.7. The van der Waals surface area contributed by atoms with Gasteiger partial charge in [0.15, 0.2) is 34.5 Å². The molecule has 13 nitrogen and oxygen atoms in total. The maximum absolute atomic E-state index is 12.0. The summed E-state index contributed by atoms with van der Waals surface area (Å²) in [6.45, 7) is -0.482. The molecule has 0 bridgehead atoms. The quantitative estimate of drug-likeness (QED) is 0.0702. The zero-order chi connectivity index (χ0) is 30.8. The number of esters is 1. The van der Waals surface area contributed by atoms with Gasteiger partial charge in [-0.2, -0.15) is 0 Å². The van der Waals surface area contributed by atoms with Crippen LogP contribution in [0.3, 0.4) is 0 Å². The number of ether oxygens (including phenoxy) is 3. The number of rotatable bonds is 7. The molecule has 2 aliphatic heterocycles. The number of benzene rings is 3. The second-order valence-corrected chi connectivity index (χ2v) is 9.70. The monoisotopic (exact) mass is 595 g/mol. The Morgan fingerprint density at radius 3 is 2.33 bits per heavy atom. The maximum Gasteiger partial charge on any atom is 0.510 e. The summed E-state index contributed by atoms with van der Waals surface area (Å²) < 4.78 is 22.6. The summed E-state index contributed by atoms with van der Waals surface area (Å²) >= 11 is 0. The molecule has 5 atom stereocenters. The first-order chi connectivity index (χ1) is 20.5. The van der Waals surface area contributed by atoms with Gasteiger partial charge >= 0.3 is 5.97 Å². The number of carbonyl (C=O) groups excluding carboxylic acids is 1. The van der Waals surface area contributed by atoms with Gasteiger partial charge in [0, 0.05) is 17.7 Å². The lowest BCUT2D eigenvalue weighted by molar-refractivity contribution is -0.276. The van der Waals surface area contributed by atoms with Gasteiger partial charge in [-0.1, -0.05) is 12.1 Å². The Hall–Kier alpha value is -5.08. The SMILES string of the molecule is O=c1cc2oc(-c3ccc(O)c(O)c3)c(O[C@@H]3O[C@H](COC(=[OH+])/C=C/c4ccc(O)cc4)[C@@H](O)[C@H](O)[C@H]3O)cc-2c(O)c1. The van der Waals surface area contributed by atoms with Crippen molar-refractivity contribution >= 4 is 12.0 Å². The predicted octanol–water partition coefficient (Wildman–Crippen LogP) is 1.65. The van der Waals surface area contributed by atoms with E-state index in [-0.39, 0.29) is 34.1 Å². The molecule has 2 heterocycles. The smallest absolute Gasteiger partial charge is 0.508 e. The molecule has 1 fully saturated rings. The van der Waals surface area contributed by atoms with E-state index in [1.54, 1.807) is 12.1 Å². The predicted molar refractivity (Wildman–Crippen MR) is 149 cm³/mol. The van der Waals surface area contributed by atoms with Crippen molar-refractivity contribution in [3.05, 3.63) is 82.5 Å². The molecule has 224 valence electrons. The van der Waals surface area contributed by atoms with Crippen LogP contribution in [0.1, 0.15) is 5.56 Å². The normalized spacial score (nSPS) is 22.1. The number of hydrogen-bond donors (Lipinski definition) is 7. The van der Waals surface area contributed by atoms with Gasteiger partial charge in [0.05, 0.1) is 11.6 Å². The third kappa shape index (κ3) is 6.39. The van der Waals surface area contributed by atoms with Gasteiger partial charge in [0.25, 0.3) is 0 Å². The Morgan fingerprint density at radius 1 is 0.860 bits per heavy atom. The average molecular weight is 596 g/mol. The standard InChI is InChI=1S/C30H26O13/c31-16-5-1-14(2-6-16)3-8-25(36)40-13-24-26(37)27(38)28(39)30(43-24)42-23-12-18-20(34)10-17(32)11-22(18)41-29(23)15-4-7-19(33)21(35)9-15/h1-12,24,26-28,30-31,33-35,37-39H,13H2/p+1/b8-3+/t24-,26-,27+,28-,30-/m1/s1. The molecular formula is C30H27O13+. The molecular weight excluding hydrogens is 568 g/mol. The second kappa shape index (κ2) is 12.0. The van der Waals surface area contributed by atoms with Crippen LogP contribution >= 0.6 is 0 Å². The van der Waals surface area contributed by atoms with E-state index >= 15 is 0 Å². The van der Waals surface area contributed by atoms with Crippen molar-refractivity contribution < 1.29 is 59.2 Å². The zero-order valence-electron chi connectivity index (χ0n) is 22.1. The summed E-state index contributed by atoms with van der Waals surface area (Å²) in [5, 5.41) is 71.2. The maximum atomic E-state index is 12.0.